The van der Waals surface area contributed by atoms with Gasteiger partial charge in [-0.1, -0.05) is 11.6 Å². The third-order valence-electron chi connectivity index (χ3n) is 2.45. The molecule has 17 heavy (non-hydrogen) atoms. The van der Waals surface area contributed by atoms with Crippen LogP contribution in [0.15, 0.2) is 36.1 Å². The molecule has 1 aromatic carbocycles. The summed E-state index contributed by atoms with van der Waals surface area (Å²) in [5.74, 6) is -0.677. The predicted octanol–water partition coefficient (Wildman–Crippen LogP) is 2.26. The van der Waals surface area contributed by atoms with Crippen molar-refractivity contribution >= 4 is 11.5 Å². The van der Waals surface area contributed by atoms with E-state index >= 15 is 0 Å². The minimum absolute atomic E-state index is 0.281. The van der Waals surface area contributed by atoms with E-state index in [1.54, 1.807) is 18.2 Å². The second-order valence-electron chi connectivity index (χ2n) is 3.63. The monoisotopic (exact) mass is 227 g/mol. The van der Waals surface area contributed by atoms with Crippen molar-refractivity contribution in [3.63, 3.8) is 0 Å². The average Bonchev–Trinajstić information content (AvgIpc) is 2.30. The minimum Gasteiger partial charge on any atom is -0.477 e. The van der Waals surface area contributed by atoms with Crippen LogP contribution in [0.25, 0.3) is 5.57 Å². The molecular weight excluding hydrogens is 218 g/mol. The first kappa shape index (κ1) is 11.0. The maximum absolute atomic E-state index is 11.0. The predicted molar refractivity (Wildman–Crippen MR) is 61.1 cm³/mol. The van der Waals surface area contributed by atoms with Crippen LogP contribution in [0.4, 0.5) is 0 Å². The van der Waals surface area contributed by atoms with E-state index in [1.807, 2.05) is 13.0 Å². The Labute approximate surface area is 98.1 Å². The van der Waals surface area contributed by atoms with Crippen molar-refractivity contribution in [2.75, 3.05) is 0 Å². The second-order valence-corrected chi connectivity index (χ2v) is 3.63. The first-order chi connectivity index (χ1) is 8.13. The van der Waals surface area contributed by atoms with Crippen LogP contribution in [0.1, 0.15) is 11.1 Å². The van der Waals surface area contributed by atoms with Gasteiger partial charge in [-0.2, -0.15) is 5.26 Å². The van der Waals surface area contributed by atoms with Crippen LogP contribution in [0, 0.1) is 18.3 Å². The standard InChI is InChI=1S/C13H9NO3/c1-8-2-3-12-10(6-8)9(4-5-17-12)11(7-14)13(15)16/h2-6H,1H3,(H,15,16)/b11-9+. The summed E-state index contributed by atoms with van der Waals surface area (Å²) in [6, 6.07) is 7.12. The molecule has 0 unspecified atom stereocenters. The van der Waals surface area contributed by atoms with Gasteiger partial charge < -0.3 is 9.84 Å². The van der Waals surface area contributed by atoms with E-state index in [2.05, 4.69) is 0 Å². The average molecular weight is 227 g/mol. The summed E-state index contributed by atoms with van der Waals surface area (Å²) < 4.78 is 5.27. The Bertz CT molecular complexity index is 591. The summed E-state index contributed by atoms with van der Waals surface area (Å²) in [6.45, 7) is 1.89. The van der Waals surface area contributed by atoms with Gasteiger partial charge in [-0.25, -0.2) is 4.79 Å². The maximum atomic E-state index is 11.0. The highest BCUT2D eigenvalue weighted by Gasteiger charge is 2.19. The Hall–Kier alpha value is -2.54. The van der Waals surface area contributed by atoms with E-state index < -0.39 is 5.97 Å². The van der Waals surface area contributed by atoms with Crippen LogP contribution in [0.2, 0.25) is 0 Å². The number of carbonyl (C=O) groups is 1. The number of aliphatic carboxylic acids is 1. The molecule has 0 atom stereocenters. The number of hydrogen-bond donors (Lipinski definition) is 1. The first-order valence-electron chi connectivity index (χ1n) is 4.95. The van der Waals surface area contributed by atoms with E-state index in [9.17, 15) is 4.79 Å². The number of ether oxygens (including phenoxy) is 1. The summed E-state index contributed by atoms with van der Waals surface area (Å²) in [4.78, 5) is 11.0. The normalized spacial score (nSPS) is 15.5. The second kappa shape index (κ2) is 4.14. The molecule has 0 aromatic heterocycles. The molecule has 2 rings (SSSR count). The zero-order chi connectivity index (χ0) is 12.4. The Balaban J connectivity index is 2.71. The number of rotatable bonds is 1. The third kappa shape index (κ3) is 1.91. The fourth-order valence-corrected chi connectivity index (χ4v) is 1.66. The molecule has 4 nitrogen and oxygen atoms in total. The van der Waals surface area contributed by atoms with E-state index in [4.69, 9.17) is 15.1 Å². The molecule has 0 amide bonds. The highest BCUT2D eigenvalue weighted by molar-refractivity contribution is 6.03. The molecule has 0 spiro atoms. The molecule has 1 aliphatic heterocycles. The van der Waals surface area contributed by atoms with Crippen LogP contribution >= 0.6 is 0 Å². The molecular formula is C13H9NO3. The van der Waals surface area contributed by atoms with Gasteiger partial charge in [-0.05, 0) is 25.1 Å². The van der Waals surface area contributed by atoms with E-state index in [1.165, 1.54) is 12.3 Å². The molecule has 84 valence electrons. The SMILES string of the molecule is Cc1ccc2c(c1)/C(=C(\C#N)C(=O)O)C=CO2. The van der Waals surface area contributed by atoms with Gasteiger partial charge in [0.25, 0.3) is 0 Å². The maximum Gasteiger partial charge on any atom is 0.347 e. The van der Waals surface area contributed by atoms with E-state index in [0.717, 1.165) is 5.56 Å². The zero-order valence-electron chi connectivity index (χ0n) is 9.10. The van der Waals surface area contributed by atoms with Gasteiger partial charge in [0.2, 0.25) is 0 Å². The number of carboxylic acids is 1. The topological polar surface area (TPSA) is 70.3 Å². The lowest BCUT2D eigenvalue weighted by Crippen LogP contribution is -2.05. The quantitative estimate of drug-likeness (QED) is 0.590. The number of nitrogens with zero attached hydrogens (tertiary/aromatic N) is 1. The lowest BCUT2D eigenvalue weighted by molar-refractivity contribution is -0.132. The lowest BCUT2D eigenvalue weighted by atomic mass is 9.96. The number of nitriles is 1. The third-order valence-corrected chi connectivity index (χ3v) is 2.45. The zero-order valence-corrected chi connectivity index (χ0v) is 9.10. The van der Waals surface area contributed by atoms with Crippen molar-refractivity contribution in [1.29, 1.82) is 5.26 Å². The molecule has 0 saturated carbocycles. The Kier molecular flexibility index (Phi) is 2.67. The summed E-state index contributed by atoms with van der Waals surface area (Å²) in [5.41, 5.74) is 1.70. The number of aryl methyl sites for hydroxylation is 1. The van der Waals surface area contributed by atoms with Gasteiger partial charge in [0.15, 0.2) is 0 Å². The van der Waals surface area contributed by atoms with Crippen molar-refractivity contribution in [2.45, 2.75) is 6.92 Å². The summed E-state index contributed by atoms with van der Waals surface area (Å²) >= 11 is 0. The van der Waals surface area contributed by atoms with Gasteiger partial charge in [0.05, 0.1) is 6.26 Å². The van der Waals surface area contributed by atoms with Gasteiger partial charge in [0.1, 0.15) is 17.4 Å². The van der Waals surface area contributed by atoms with E-state index in [-0.39, 0.29) is 5.57 Å². The number of carboxylic acid groups (broad SMARTS) is 1. The Morgan fingerprint density at radius 3 is 2.88 bits per heavy atom. The summed E-state index contributed by atoms with van der Waals surface area (Å²) in [6.07, 6.45) is 2.88. The van der Waals surface area contributed by atoms with Gasteiger partial charge in [-0.3, -0.25) is 0 Å². The molecule has 4 heteroatoms. The van der Waals surface area contributed by atoms with Gasteiger partial charge >= 0.3 is 5.97 Å². The Morgan fingerprint density at radius 2 is 2.24 bits per heavy atom. The minimum atomic E-state index is -1.23. The number of hydrogen-bond acceptors (Lipinski definition) is 3. The van der Waals surface area contributed by atoms with Crippen molar-refractivity contribution in [3.05, 3.63) is 47.2 Å². The number of fused-ring (bicyclic) bond motifs is 1. The van der Waals surface area contributed by atoms with Crippen LogP contribution in [0.5, 0.6) is 5.75 Å². The lowest BCUT2D eigenvalue weighted by Gasteiger charge is -2.15. The smallest absolute Gasteiger partial charge is 0.347 e. The fraction of sp³-hybridized carbons (Fsp3) is 0.0769. The molecule has 1 heterocycles. The van der Waals surface area contributed by atoms with Crippen molar-refractivity contribution in [1.82, 2.24) is 0 Å². The molecule has 0 radical (unpaired) electrons. The first-order valence-corrected chi connectivity index (χ1v) is 4.95. The van der Waals surface area contributed by atoms with Crippen molar-refractivity contribution in [3.8, 4) is 11.8 Å². The van der Waals surface area contributed by atoms with Crippen LogP contribution in [-0.2, 0) is 4.79 Å². The molecule has 1 aromatic rings. The number of benzene rings is 1. The van der Waals surface area contributed by atoms with E-state index in [0.29, 0.717) is 16.9 Å². The van der Waals surface area contributed by atoms with Crippen LogP contribution in [0.3, 0.4) is 0 Å². The highest BCUT2D eigenvalue weighted by Crippen LogP contribution is 2.33. The van der Waals surface area contributed by atoms with Crippen LogP contribution in [-0.4, -0.2) is 11.1 Å². The van der Waals surface area contributed by atoms with Crippen molar-refractivity contribution in [2.24, 2.45) is 0 Å². The van der Waals surface area contributed by atoms with Gasteiger partial charge in [0, 0.05) is 11.1 Å². The molecule has 0 saturated heterocycles. The van der Waals surface area contributed by atoms with Crippen LogP contribution < -0.4 is 4.74 Å². The fourth-order valence-electron chi connectivity index (χ4n) is 1.66. The molecule has 0 fully saturated rings. The number of allylic oxidation sites excluding steroid dienone is 2. The van der Waals surface area contributed by atoms with Crippen molar-refractivity contribution < 1.29 is 14.6 Å². The summed E-state index contributed by atoms with van der Waals surface area (Å²) in [7, 11) is 0. The highest BCUT2D eigenvalue weighted by atomic mass is 16.5. The molecule has 1 aliphatic rings. The summed E-state index contributed by atoms with van der Waals surface area (Å²) in [5, 5.41) is 17.8. The largest absolute Gasteiger partial charge is 0.477 e. The van der Waals surface area contributed by atoms with Gasteiger partial charge in [-0.15, -0.1) is 0 Å². The molecule has 0 aliphatic carbocycles. The molecule has 0 bridgehead atoms. The molecule has 1 N–H and O–H groups in total. The Morgan fingerprint density at radius 1 is 1.47 bits per heavy atom.